The van der Waals surface area contributed by atoms with Crippen molar-refractivity contribution in [1.82, 2.24) is 0 Å². The summed E-state index contributed by atoms with van der Waals surface area (Å²) in [6, 6.07) is 0. The number of rotatable bonds is 3. The summed E-state index contributed by atoms with van der Waals surface area (Å²) in [4.78, 5) is 0. The molecule has 1 fully saturated rings. The van der Waals surface area contributed by atoms with E-state index in [0.717, 1.165) is 17.8 Å². The van der Waals surface area contributed by atoms with Crippen LogP contribution >= 0.6 is 0 Å². The van der Waals surface area contributed by atoms with Crippen molar-refractivity contribution in [3.05, 3.63) is 0 Å². The molecule has 0 spiro atoms. The van der Waals surface area contributed by atoms with Crippen molar-refractivity contribution in [1.29, 1.82) is 0 Å². The molecule has 1 rings (SSSR count). The van der Waals surface area contributed by atoms with Gasteiger partial charge in [0.25, 0.3) is 0 Å². The zero-order valence-electron chi connectivity index (χ0n) is 9.35. The van der Waals surface area contributed by atoms with Crippen LogP contribution in [0, 0.1) is 23.2 Å². The highest BCUT2D eigenvalue weighted by atomic mass is 14.5. The molecular formula is C12H24. The maximum atomic E-state index is 2.50. The van der Waals surface area contributed by atoms with Crippen LogP contribution in [0.15, 0.2) is 0 Å². The Balaban J connectivity index is 2.60. The number of hydrogen-bond acceptors (Lipinski definition) is 0. The molecule has 0 aromatic rings. The van der Waals surface area contributed by atoms with Crippen LogP contribution in [-0.4, -0.2) is 0 Å². The summed E-state index contributed by atoms with van der Waals surface area (Å²) in [5.74, 6) is 2.88. The monoisotopic (exact) mass is 168 g/mol. The average molecular weight is 168 g/mol. The van der Waals surface area contributed by atoms with Crippen LogP contribution in [0.4, 0.5) is 0 Å². The second-order valence-corrected chi connectivity index (χ2v) is 4.99. The van der Waals surface area contributed by atoms with Crippen molar-refractivity contribution in [3.8, 4) is 0 Å². The largest absolute Gasteiger partial charge is 0.0651 e. The highest BCUT2D eigenvalue weighted by molar-refractivity contribution is 4.97. The summed E-state index contributed by atoms with van der Waals surface area (Å²) in [7, 11) is 0. The van der Waals surface area contributed by atoms with Crippen molar-refractivity contribution in [3.63, 3.8) is 0 Å². The van der Waals surface area contributed by atoms with E-state index in [1.165, 1.54) is 19.3 Å². The second kappa shape index (κ2) is 3.40. The molecule has 0 N–H and O–H groups in total. The molecule has 0 radical (unpaired) electrons. The minimum Gasteiger partial charge on any atom is -0.0651 e. The SMILES string of the molecule is CCC(CC)C1(C)CC(C)C1C. The number of hydrogen-bond donors (Lipinski definition) is 0. The van der Waals surface area contributed by atoms with Gasteiger partial charge >= 0.3 is 0 Å². The first kappa shape index (κ1) is 10.1. The summed E-state index contributed by atoms with van der Waals surface area (Å²) >= 11 is 0. The molecule has 1 aliphatic carbocycles. The average Bonchev–Trinajstić information content (AvgIpc) is 2.06. The molecule has 1 saturated carbocycles. The van der Waals surface area contributed by atoms with E-state index in [2.05, 4.69) is 34.6 Å². The van der Waals surface area contributed by atoms with Gasteiger partial charge in [-0.1, -0.05) is 47.5 Å². The Labute approximate surface area is 77.7 Å². The Kier molecular flexibility index (Phi) is 2.85. The van der Waals surface area contributed by atoms with Crippen LogP contribution in [0.5, 0.6) is 0 Å². The molecule has 1 aliphatic rings. The van der Waals surface area contributed by atoms with Crippen molar-refractivity contribution in [2.75, 3.05) is 0 Å². The van der Waals surface area contributed by atoms with Crippen molar-refractivity contribution < 1.29 is 0 Å². The summed E-state index contributed by atoms with van der Waals surface area (Å²) in [5, 5.41) is 0. The normalized spacial score (nSPS) is 41.5. The smallest absolute Gasteiger partial charge is 0.0267 e. The van der Waals surface area contributed by atoms with Gasteiger partial charge in [-0.05, 0) is 29.6 Å². The van der Waals surface area contributed by atoms with E-state index in [1.54, 1.807) is 0 Å². The highest BCUT2D eigenvalue weighted by Gasteiger charge is 2.48. The van der Waals surface area contributed by atoms with E-state index in [1.807, 2.05) is 0 Å². The van der Waals surface area contributed by atoms with Crippen molar-refractivity contribution in [2.24, 2.45) is 23.2 Å². The van der Waals surface area contributed by atoms with Crippen LogP contribution < -0.4 is 0 Å². The van der Waals surface area contributed by atoms with Crippen LogP contribution in [0.2, 0.25) is 0 Å². The van der Waals surface area contributed by atoms with Gasteiger partial charge in [-0.25, -0.2) is 0 Å². The molecule has 0 aromatic heterocycles. The molecule has 0 saturated heterocycles. The Morgan fingerprint density at radius 3 is 2.00 bits per heavy atom. The third-order valence-electron chi connectivity index (χ3n) is 4.57. The lowest BCUT2D eigenvalue weighted by Gasteiger charge is -2.55. The van der Waals surface area contributed by atoms with E-state index in [-0.39, 0.29) is 0 Å². The van der Waals surface area contributed by atoms with Gasteiger partial charge in [-0.2, -0.15) is 0 Å². The molecule has 0 bridgehead atoms. The Hall–Kier alpha value is 0. The minimum atomic E-state index is 0.670. The Bertz CT molecular complexity index is 146. The van der Waals surface area contributed by atoms with Crippen LogP contribution in [0.1, 0.15) is 53.9 Å². The fourth-order valence-electron chi connectivity index (χ4n) is 3.31. The van der Waals surface area contributed by atoms with Gasteiger partial charge in [-0.15, -0.1) is 0 Å². The standard InChI is InChI=1S/C12H24/c1-6-11(7-2)12(5)8-9(3)10(12)4/h9-11H,6-8H2,1-5H3. The third kappa shape index (κ3) is 1.30. The van der Waals surface area contributed by atoms with Gasteiger partial charge in [0, 0.05) is 0 Å². The highest BCUT2D eigenvalue weighted by Crippen LogP contribution is 2.56. The lowest BCUT2D eigenvalue weighted by atomic mass is 9.50. The van der Waals surface area contributed by atoms with Gasteiger partial charge in [0.1, 0.15) is 0 Å². The molecule has 3 unspecified atom stereocenters. The molecule has 0 amide bonds. The van der Waals surface area contributed by atoms with E-state index >= 15 is 0 Å². The summed E-state index contributed by atoms with van der Waals surface area (Å²) in [6.45, 7) is 12.0. The predicted octanol–water partition coefficient (Wildman–Crippen LogP) is 4.10. The Morgan fingerprint density at radius 1 is 1.25 bits per heavy atom. The van der Waals surface area contributed by atoms with E-state index < -0.39 is 0 Å². The maximum absolute atomic E-state index is 2.50. The summed E-state index contributed by atoms with van der Waals surface area (Å²) < 4.78 is 0. The van der Waals surface area contributed by atoms with Gasteiger partial charge in [-0.3, -0.25) is 0 Å². The first-order chi connectivity index (χ1) is 5.56. The molecule has 0 aliphatic heterocycles. The molecule has 0 heteroatoms. The summed E-state index contributed by atoms with van der Waals surface area (Å²) in [5.41, 5.74) is 0.670. The van der Waals surface area contributed by atoms with Crippen molar-refractivity contribution in [2.45, 2.75) is 53.9 Å². The van der Waals surface area contributed by atoms with Gasteiger partial charge in [0.2, 0.25) is 0 Å². The third-order valence-corrected chi connectivity index (χ3v) is 4.57. The van der Waals surface area contributed by atoms with Gasteiger partial charge < -0.3 is 0 Å². The lowest BCUT2D eigenvalue weighted by Crippen LogP contribution is -2.47. The van der Waals surface area contributed by atoms with Gasteiger partial charge in [0.15, 0.2) is 0 Å². The van der Waals surface area contributed by atoms with Crippen LogP contribution in [0.25, 0.3) is 0 Å². The van der Waals surface area contributed by atoms with E-state index in [9.17, 15) is 0 Å². The lowest BCUT2D eigenvalue weighted by molar-refractivity contribution is -0.0598. The molecule has 0 nitrogen and oxygen atoms in total. The molecular weight excluding hydrogens is 144 g/mol. The molecule has 0 aromatic carbocycles. The minimum absolute atomic E-state index is 0.670. The fraction of sp³-hybridized carbons (Fsp3) is 1.00. The second-order valence-electron chi connectivity index (χ2n) is 4.99. The molecule has 72 valence electrons. The maximum Gasteiger partial charge on any atom is -0.0267 e. The van der Waals surface area contributed by atoms with Gasteiger partial charge in [0.05, 0.1) is 0 Å². The molecule has 3 atom stereocenters. The zero-order chi connectivity index (χ0) is 9.35. The fourth-order valence-corrected chi connectivity index (χ4v) is 3.31. The van der Waals surface area contributed by atoms with E-state index in [4.69, 9.17) is 0 Å². The van der Waals surface area contributed by atoms with Crippen LogP contribution in [-0.2, 0) is 0 Å². The predicted molar refractivity (Wildman–Crippen MR) is 55.1 cm³/mol. The Morgan fingerprint density at radius 2 is 1.75 bits per heavy atom. The van der Waals surface area contributed by atoms with Crippen LogP contribution in [0.3, 0.4) is 0 Å². The zero-order valence-corrected chi connectivity index (χ0v) is 9.35. The quantitative estimate of drug-likeness (QED) is 0.595. The topological polar surface area (TPSA) is 0 Å². The first-order valence-corrected chi connectivity index (χ1v) is 5.56. The molecule has 12 heavy (non-hydrogen) atoms. The van der Waals surface area contributed by atoms with E-state index in [0.29, 0.717) is 5.41 Å². The summed E-state index contributed by atoms with van der Waals surface area (Å²) in [6.07, 6.45) is 4.19. The molecule has 0 heterocycles. The van der Waals surface area contributed by atoms with Crippen molar-refractivity contribution >= 4 is 0 Å². The first-order valence-electron chi connectivity index (χ1n) is 5.56.